The number of fused-ring (bicyclic) bond motifs is 1. The summed E-state index contributed by atoms with van der Waals surface area (Å²) in [5.41, 5.74) is 0.0143. The minimum Gasteiger partial charge on any atom is -0.231 e. The van der Waals surface area contributed by atoms with E-state index in [9.17, 15) is 21.6 Å². The molecule has 1 aromatic carbocycles. The van der Waals surface area contributed by atoms with Crippen LogP contribution in [-0.4, -0.2) is 18.4 Å². The van der Waals surface area contributed by atoms with Crippen LogP contribution in [0.1, 0.15) is 11.3 Å². The molecule has 3 rings (SSSR count). The third-order valence-corrected chi connectivity index (χ3v) is 4.77. The van der Waals surface area contributed by atoms with Gasteiger partial charge in [-0.05, 0) is 6.07 Å². The normalized spacial score (nSPS) is 16.0. The van der Waals surface area contributed by atoms with E-state index >= 15 is 0 Å². The lowest BCUT2D eigenvalue weighted by Gasteiger charge is -2.06. The van der Waals surface area contributed by atoms with Crippen molar-refractivity contribution in [1.29, 1.82) is 0 Å². The summed E-state index contributed by atoms with van der Waals surface area (Å²) >= 11 is 5.87. The van der Waals surface area contributed by atoms with Crippen molar-refractivity contribution < 1.29 is 21.6 Å². The van der Waals surface area contributed by atoms with Crippen molar-refractivity contribution in [2.24, 2.45) is 0 Å². The van der Waals surface area contributed by atoms with Crippen LogP contribution in [0.25, 0.3) is 11.4 Å². The van der Waals surface area contributed by atoms with E-state index in [-0.39, 0.29) is 39.3 Å². The van der Waals surface area contributed by atoms with Gasteiger partial charge >= 0.3 is 0 Å². The first-order chi connectivity index (χ1) is 9.77. The van der Waals surface area contributed by atoms with Crippen LogP contribution in [0, 0.1) is 17.5 Å². The number of halogens is 4. The highest BCUT2D eigenvalue weighted by atomic mass is 35.5. The Morgan fingerprint density at radius 3 is 2.38 bits per heavy atom. The number of hydrogen-bond donors (Lipinski definition) is 0. The first kappa shape index (κ1) is 14.3. The highest BCUT2D eigenvalue weighted by molar-refractivity contribution is 7.90. The van der Waals surface area contributed by atoms with Crippen LogP contribution in [0.5, 0.6) is 0 Å². The van der Waals surface area contributed by atoms with Gasteiger partial charge in [-0.1, -0.05) is 11.6 Å². The standard InChI is InChI=1S/C12H6ClF3N2O2S/c13-11-6-3-21(19,20)4-10(6)17-12(18-11)5-1-8(15)9(16)2-7(5)14/h1-2H,3-4H2. The lowest BCUT2D eigenvalue weighted by atomic mass is 10.1. The second kappa shape index (κ2) is 4.67. The Hall–Kier alpha value is -1.67. The van der Waals surface area contributed by atoms with Crippen LogP contribution in [0.15, 0.2) is 12.1 Å². The Labute approximate surface area is 122 Å². The van der Waals surface area contributed by atoms with Crippen LogP contribution in [-0.2, 0) is 21.3 Å². The van der Waals surface area contributed by atoms with Gasteiger partial charge in [0.05, 0.1) is 22.8 Å². The zero-order valence-corrected chi connectivity index (χ0v) is 11.8. The molecule has 0 bridgehead atoms. The minimum atomic E-state index is -3.37. The van der Waals surface area contributed by atoms with Crippen molar-refractivity contribution in [1.82, 2.24) is 9.97 Å². The topological polar surface area (TPSA) is 59.9 Å². The maximum absolute atomic E-state index is 13.7. The Morgan fingerprint density at radius 1 is 1.00 bits per heavy atom. The Morgan fingerprint density at radius 2 is 1.67 bits per heavy atom. The summed E-state index contributed by atoms with van der Waals surface area (Å²) in [6, 6.07) is 0.970. The molecule has 0 saturated carbocycles. The van der Waals surface area contributed by atoms with Crippen molar-refractivity contribution in [2.75, 3.05) is 0 Å². The van der Waals surface area contributed by atoms with E-state index in [1.54, 1.807) is 0 Å². The lowest BCUT2D eigenvalue weighted by Crippen LogP contribution is -2.00. The van der Waals surface area contributed by atoms with Gasteiger partial charge in [-0.3, -0.25) is 0 Å². The van der Waals surface area contributed by atoms with Gasteiger partial charge in [-0.2, -0.15) is 0 Å². The SMILES string of the molecule is O=S1(=O)Cc2nc(-c3cc(F)c(F)cc3F)nc(Cl)c2C1. The molecule has 0 amide bonds. The molecule has 0 radical (unpaired) electrons. The molecule has 0 spiro atoms. The molecule has 0 aliphatic carbocycles. The summed E-state index contributed by atoms with van der Waals surface area (Å²) < 4.78 is 62.9. The van der Waals surface area contributed by atoms with Crippen LogP contribution < -0.4 is 0 Å². The first-order valence-corrected chi connectivity index (χ1v) is 7.87. The molecular weight excluding hydrogens is 329 g/mol. The maximum atomic E-state index is 13.7. The van der Waals surface area contributed by atoms with Gasteiger partial charge in [0.2, 0.25) is 0 Å². The van der Waals surface area contributed by atoms with E-state index < -0.39 is 27.3 Å². The summed E-state index contributed by atoms with van der Waals surface area (Å²) in [5.74, 6) is -4.59. The second-order valence-electron chi connectivity index (χ2n) is 4.54. The second-order valence-corrected chi connectivity index (χ2v) is 6.96. The fourth-order valence-corrected chi connectivity index (χ4v) is 3.89. The van der Waals surface area contributed by atoms with E-state index in [1.807, 2.05) is 0 Å². The smallest absolute Gasteiger partial charge is 0.164 e. The number of nitrogens with zero attached hydrogens (tertiary/aromatic N) is 2. The zero-order valence-electron chi connectivity index (χ0n) is 10.2. The predicted octanol–water partition coefficient (Wildman–Crippen LogP) is 2.64. The molecule has 110 valence electrons. The van der Waals surface area contributed by atoms with Gasteiger partial charge in [0.25, 0.3) is 0 Å². The van der Waals surface area contributed by atoms with Gasteiger partial charge in [0, 0.05) is 11.6 Å². The summed E-state index contributed by atoms with van der Waals surface area (Å²) in [7, 11) is -3.37. The number of benzene rings is 1. The highest BCUT2D eigenvalue weighted by Crippen LogP contribution is 2.32. The molecule has 4 nitrogen and oxygen atoms in total. The maximum Gasteiger partial charge on any atom is 0.164 e. The van der Waals surface area contributed by atoms with Crippen LogP contribution in [0.3, 0.4) is 0 Å². The van der Waals surface area contributed by atoms with Crippen LogP contribution in [0.4, 0.5) is 13.2 Å². The van der Waals surface area contributed by atoms with Crippen LogP contribution >= 0.6 is 11.6 Å². The van der Waals surface area contributed by atoms with E-state index in [4.69, 9.17) is 11.6 Å². The van der Waals surface area contributed by atoms with Gasteiger partial charge in [-0.15, -0.1) is 0 Å². The molecule has 1 aromatic heterocycles. The van der Waals surface area contributed by atoms with Gasteiger partial charge in [0.1, 0.15) is 11.0 Å². The fraction of sp³-hybridized carbons (Fsp3) is 0.167. The Bertz CT molecular complexity index is 871. The van der Waals surface area contributed by atoms with E-state index in [0.29, 0.717) is 12.1 Å². The molecule has 0 unspecified atom stereocenters. The van der Waals surface area contributed by atoms with E-state index in [1.165, 1.54) is 0 Å². The quantitative estimate of drug-likeness (QED) is 0.594. The number of hydrogen-bond acceptors (Lipinski definition) is 4. The molecule has 1 aliphatic rings. The molecule has 9 heteroatoms. The Kier molecular flexibility index (Phi) is 3.18. The third-order valence-electron chi connectivity index (χ3n) is 3.01. The third kappa shape index (κ3) is 2.49. The summed E-state index contributed by atoms with van der Waals surface area (Å²) in [5, 5.41) is -0.139. The summed E-state index contributed by atoms with van der Waals surface area (Å²) in [6.07, 6.45) is 0. The Balaban J connectivity index is 2.19. The van der Waals surface area contributed by atoms with Crippen molar-refractivity contribution in [3.8, 4) is 11.4 Å². The molecule has 0 saturated heterocycles. The number of sulfone groups is 1. The van der Waals surface area contributed by atoms with Crippen molar-refractivity contribution in [3.05, 3.63) is 46.0 Å². The zero-order chi connectivity index (χ0) is 15.4. The average Bonchev–Trinajstić information content (AvgIpc) is 2.68. The van der Waals surface area contributed by atoms with Crippen molar-refractivity contribution in [3.63, 3.8) is 0 Å². The molecule has 0 atom stereocenters. The van der Waals surface area contributed by atoms with Gasteiger partial charge in [-0.25, -0.2) is 31.6 Å². The molecular formula is C12H6ClF3N2O2S. The largest absolute Gasteiger partial charge is 0.231 e. The van der Waals surface area contributed by atoms with Crippen molar-refractivity contribution >= 4 is 21.4 Å². The van der Waals surface area contributed by atoms with Gasteiger partial charge < -0.3 is 0 Å². The van der Waals surface area contributed by atoms with Crippen molar-refractivity contribution in [2.45, 2.75) is 11.5 Å². The molecule has 2 aromatic rings. The van der Waals surface area contributed by atoms with E-state index in [0.717, 1.165) is 0 Å². The monoisotopic (exact) mass is 334 g/mol. The highest BCUT2D eigenvalue weighted by Gasteiger charge is 2.30. The lowest BCUT2D eigenvalue weighted by molar-refractivity contribution is 0.496. The molecule has 0 fully saturated rings. The first-order valence-electron chi connectivity index (χ1n) is 5.67. The molecule has 0 N–H and O–H groups in total. The predicted molar refractivity (Wildman–Crippen MR) is 68.7 cm³/mol. The number of rotatable bonds is 1. The summed E-state index contributed by atoms with van der Waals surface area (Å²) in [6.45, 7) is 0. The van der Waals surface area contributed by atoms with Gasteiger partial charge in [0.15, 0.2) is 27.3 Å². The number of aromatic nitrogens is 2. The van der Waals surface area contributed by atoms with Crippen LogP contribution in [0.2, 0.25) is 5.15 Å². The molecule has 1 aliphatic heterocycles. The van der Waals surface area contributed by atoms with E-state index in [2.05, 4.69) is 9.97 Å². The fourth-order valence-electron chi connectivity index (χ4n) is 2.06. The molecule has 2 heterocycles. The summed E-state index contributed by atoms with van der Waals surface area (Å²) in [4.78, 5) is 7.68. The molecule has 21 heavy (non-hydrogen) atoms. The average molecular weight is 335 g/mol. The minimum absolute atomic E-state index is 0.139.